The van der Waals surface area contributed by atoms with Crippen LogP contribution in [0.3, 0.4) is 0 Å². The van der Waals surface area contributed by atoms with E-state index in [0.717, 1.165) is 0 Å². The number of nitrogens with two attached hydrogens (primary N) is 1. The van der Waals surface area contributed by atoms with E-state index in [-0.39, 0.29) is 30.8 Å². The number of esters is 1. The van der Waals surface area contributed by atoms with Gasteiger partial charge >= 0.3 is 5.97 Å². The van der Waals surface area contributed by atoms with Crippen molar-refractivity contribution in [3.8, 4) is 0 Å². The third-order valence-electron chi connectivity index (χ3n) is 1.90. The molecule has 0 bridgehead atoms. The van der Waals surface area contributed by atoms with Crippen LogP contribution in [0.5, 0.6) is 0 Å². The fourth-order valence-electron chi connectivity index (χ4n) is 1.15. The first-order valence-electron chi connectivity index (χ1n) is 4.83. The topological polar surface area (TPSA) is 85.3 Å². The Balaban J connectivity index is 0.00000256. The van der Waals surface area contributed by atoms with E-state index in [2.05, 4.69) is 0 Å². The summed E-state index contributed by atoms with van der Waals surface area (Å²) < 4.78 is 6.40. The number of rotatable bonds is 4. The molecule has 6 nitrogen and oxygen atoms in total. The van der Waals surface area contributed by atoms with Gasteiger partial charge in [0, 0.05) is 12.1 Å². The Bertz CT molecular complexity index is 381. The number of hydrogen-bond acceptors (Lipinski definition) is 4. The molecule has 0 spiro atoms. The van der Waals surface area contributed by atoms with Crippen LogP contribution in [0.1, 0.15) is 17.3 Å². The van der Waals surface area contributed by atoms with Crippen molar-refractivity contribution < 1.29 is 31.3 Å². The minimum atomic E-state index is -0.372. The van der Waals surface area contributed by atoms with Crippen molar-refractivity contribution in [1.82, 2.24) is 5.43 Å². The minimum Gasteiger partial charge on any atom is -1.00 e. The fourth-order valence-corrected chi connectivity index (χ4v) is 1.15. The molecule has 0 unspecified atom stereocenters. The molecule has 0 aromatic carbocycles. The van der Waals surface area contributed by atoms with Crippen molar-refractivity contribution in [2.45, 2.75) is 13.5 Å². The second-order valence-electron chi connectivity index (χ2n) is 3.04. The minimum absolute atomic E-state index is 0. The van der Waals surface area contributed by atoms with Gasteiger partial charge in [0.05, 0.1) is 12.2 Å². The fraction of sp³-hybridized carbons (Fsp3) is 0.300. The number of aromatic nitrogens is 1. The van der Waals surface area contributed by atoms with Crippen molar-refractivity contribution in [3.63, 3.8) is 0 Å². The summed E-state index contributed by atoms with van der Waals surface area (Å²) in [6.45, 7) is 2.22. The lowest BCUT2D eigenvalue weighted by Gasteiger charge is -1.99. The maximum atomic E-state index is 11.1. The average molecular weight is 260 g/mol. The average Bonchev–Trinajstić information content (AvgIpc) is 2.29. The van der Waals surface area contributed by atoms with E-state index >= 15 is 0 Å². The van der Waals surface area contributed by atoms with Crippen LogP contribution < -0.4 is 28.2 Å². The van der Waals surface area contributed by atoms with Crippen LogP contribution in [0.2, 0.25) is 0 Å². The number of amides is 1. The molecule has 1 aromatic heterocycles. The van der Waals surface area contributed by atoms with Gasteiger partial charge in [0.25, 0.3) is 5.91 Å². The maximum absolute atomic E-state index is 11.1. The number of hydrogen-bond donors (Lipinski definition) is 2. The molecule has 0 saturated carbocycles. The Morgan fingerprint density at radius 3 is 2.47 bits per heavy atom. The highest BCUT2D eigenvalue weighted by molar-refractivity contribution is 5.93. The van der Waals surface area contributed by atoms with Crippen LogP contribution in [-0.2, 0) is 16.1 Å². The summed E-state index contributed by atoms with van der Waals surface area (Å²) in [5, 5.41) is 0. The molecule has 3 N–H and O–H groups in total. The molecule has 1 heterocycles. The number of nitrogens with zero attached hydrogens (tertiary/aromatic N) is 1. The lowest BCUT2D eigenvalue weighted by atomic mass is 10.2. The lowest BCUT2D eigenvalue weighted by Crippen LogP contribution is -3.00. The largest absolute Gasteiger partial charge is 1.00 e. The molecule has 0 aliphatic rings. The van der Waals surface area contributed by atoms with Crippen molar-refractivity contribution in [2.75, 3.05) is 6.61 Å². The highest BCUT2D eigenvalue weighted by Crippen LogP contribution is 1.93. The van der Waals surface area contributed by atoms with Crippen molar-refractivity contribution in [3.05, 3.63) is 30.1 Å². The smallest absolute Gasteiger partial charge is 0.372 e. The zero-order valence-electron chi connectivity index (χ0n) is 9.35. The summed E-state index contributed by atoms with van der Waals surface area (Å²) in [5.41, 5.74) is 2.45. The van der Waals surface area contributed by atoms with Gasteiger partial charge in [-0.3, -0.25) is 10.2 Å². The summed E-state index contributed by atoms with van der Waals surface area (Å²) in [7, 11) is 0. The molecule has 0 radical (unpaired) electrons. The monoisotopic (exact) mass is 259 g/mol. The van der Waals surface area contributed by atoms with E-state index in [1.807, 2.05) is 5.43 Å². The number of pyridine rings is 1. The SMILES string of the molecule is CCOC(=O)C[n+]1ccc(C(=O)NN)cc1.[Cl-]. The van der Waals surface area contributed by atoms with Crippen molar-refractivity contribution in [2.24, 2.45) is 5.84 Å². The first-order valence-corrected chi connectivity index (χ1v) is 4.83. The number of carbonyl (C=O) groups excluding carboxylic acids is 2. The Morgan fingerprint density at radius 1 is 1.41 bits per heavy atom. The first kappa shape index (κ1) is 15.3. The van der Waals surface area contributed by atoms with Gasteiger partial charge in [0.1, 0.15) is 0 Å². The maximum Gasteiger partial charge on any atom is 0.372 e. The van der Waals surface area contributed by atoms with Gasteiger partial charge in [0.2, 0.25) is 6.54 Å². The second-order valence-corrected chi connectivity index (χ2v) is 3.04. The molecule has 0 fully saturated rings. The van der Waals surface area contributed by atoms with E-state index in [0.29, 0.717) is 12.2 Å². The van der Waals surface area contributed by atoms with E-state index in [1.165, 1.54) is 0 Å². The van der Waals surface area contributed by atoms with Gasteiger partial charge < -0.3 is 17.1 Å². The molecule has 0 atom stereocenters. The predicted molar refractivity (Wildman–Crippen MR) is 54.9 cm³/mol. The highest BCUT2D eigenvalue weighted by atomic mass is 35.5. The number of nitrogen functional groups attached to an aromatic ring is 1. The number of halogens is 1. The number of hydrazine groups is 1. The van der Waals surface area contributed by atoms with Gasteiger partial charge in [-0.15, -0.1) is 0 Å². The Morgan fingerprint density at radius 2 is 2.00 bits per heavy atom. The number of carbonyl (C=O) groups is 2. The molecular weight excluding hydrogens is 246 g/mol. The summed E-state index contributed by atoms with van der Waals surface area (Å²) in [4.78, 5) is 22.3. The molecule has 1 rings (SSSR count). The zero-order chi connectivity index (χ0) is 12.0. The summed E-state index contributed by atoms with van der Waals surface area (Å²) in [6, 6.07) is 3.14. The summed E-state index contributed by atoms with van der Waals surface area (Å²) in [5.74, 6) is 4.29. The molecule has 94 valence electrons. The molecule has 1 aromatic rings. The van der Waals surface area contributed by atoms with Crippen LogP contribution in [0.15, 0.2) is 24.5 Å². The van der Waals surface area contributed by atoms with Gasteiger partial charge in [-0.2, -0.15) is 4.57 Å². The molecule has 0 aliphatic heterocycles. The van der Waals surface area contributed by atoms with Crippen LogP contribution in [-0.4, -0.2) is 18.5 Å². The second kappa shape index (κ2) is 7.59. The number of ether oxygens (including phenoxy) is 1. The van der Waals surface area contributed by atoms with E-state index in [9.17, 15) is 9.59 Å². The van der Waals surface area contributed by atoms with Gasteiger partial charge in [-0.25, -0.2) is 10.6 Å². The van der Waals surface area contributed by atoms with Gasteiger partial charge in [0.15, 0.2) is 12.4 Å². The standard InChI is InChI=1S/C10H13N3O3.ClH/c1-2-16-9(14)7-13-5-3-8(4-6-13)10(15)12-11;/h3-6,11,15H,2,7H2,1H3;1H. The third-order valence-corrected chi connectivity index (χ3v) is 1.90. The highest BCUT2D eigenvalue weighted by Gasteiger charge is 2.11. The predicted octanol–water partition coefficient (Wildman–Crippen LogP) is -3.86. The Kier molecular flexibility index (Phi) is 6.85. The first-order chi connectivity index (χ1) is 7.67. The third kappa shape index (κ3) is 4.80. The Hall–Kier alpha value is -1.66. The Labute approximate surface area is 105 Å². The molecular formula is C10H14ClN3O3. The van der Waals surface area contributed by atoms with Crippen LogP contribution in [0, 0.1) is 0 Å². The molecule has 0 aliphatic carbocycles. The molecule has 7 heteroatoms. The van der Waals surface area contributed by atoms with E-state index in [1.54, 1.807) is 36.0 Å². The quantitative estimate of drug-likeness (QED) is 0.191. The lowest BCUT2D eigenvalue weighted by molar-refractivity contribution is -0.686. The summed E-state index contributed by atoms with van der Waals surface area (Å²) in [6.07, 6.45) is 3.23. The van der Waals surface area contributed by atoms with E-state index in [4.69, 9.17) is 10.6 Å². The molecule has 17 heavy (non-hydrogen) atoms. The van der Waals surface area contributed by atoms with Crippen LogP contribution >= 0.6 is 0 Å². The molecule has 1 amide bonds. The van der Waals surface area contributed by atoms with Crippen molar-refractivity contribution >= 4 is 11.9 Å². The van der Waals surface area contributed by atoms with Crippen LogP contribution in [0.4, 0.5) is 0 Å². The number of nitrogens with one attached hydrogen (secondary N) is 1. The van der Waals surface area contributed by atoms with Crippen molar-refractivity contribution in [1.29, 1.82) is 0 Å². The van der Waals surface area contributed by atoms with Crippen LogP contribution in [0.25, 0.3) is 0 Å². The summed E-state index contributed by atoms with van der Waals surface area (Å²) >= 11 is 0. The normalized spacial score (nSPS) is 9.06. The van der Waals surface area contributed by atoms with E-state index < -0.39 is 0 Å². The zero-order valence-corrected chi connectivity index (χ0v) is 10.1. The van der Waals surface area contributed by atoms with Gasteiger partial charge in [-0.05, 0) is 6.92 Å². The van der Waals surface area contributed by atoms with Gasteiger partial charge in [-0.1, -0.05) is 0 Å². The molecule has 0 saturated heterocycles.